The van der Waals surface area contributed by atoms with Gasteiger partial charge < -0.3 is 9.03 Å². The van der Waals surface area contributed by atoms with Crippen molar-refractivity contribution >= 4 is 17.8 Å². The van der Waals surface area contributed by atoms with E-state index in [1.54, 1.807) is 6.92 Å². The number of carbonyl (C=O) groups is 1. The molecule has 4 heteroatoms. The minimum absolute atomic E-state index is 0.355. The average Bonchev–Trinajstić information content (AvgIpc) is 2.00. The zero-order valence-electron chi connectivity index (χ0n) is 6.59. The van der Waals surface area contributed by atoms with E-state index >= 15 is 0 Å². The van der Waals surface area contributed by atoms with Crippen molar-refractivity contribution in [2.45, 2.75) is 20.3 Å². The molecule has 0 bridgehead atoms. The first-order valence-corrected chi connectivity index (χ1v) is 3.64. The number of halogens is 1. The zero-order chi connectivity index (χ0) is 8.69. The van der Waals surface area contributed by atoms with Crippen LogP contribution in [0.25, 0.3) is 0 Å². The molecule has 0 aromatic carbocycles. The molecule has 0 fully saturated rings. The summed E-state index contributed by atoms with van der Waals surface area (Å²) in [6.45, 7) is 3.91. The predicted molar refractivity (Wildman–Crippen MR) is 41.9 cm³/mol. The van der Waals surface area contributed by atoms with Crippen LogP contribution in [-0.2, 0) is 13.8 Å². The summed E-state index contributed by atoms with van der Waals surface area (Å²) in [6.07, 6.45) is 1.94. The lowest BCUT2D eigenvalue weighted by Crippen LogP contribution is -2.06. The Balaban J connectivity index is 3.73. The number of carbonyl (C=O) groups excluding carboxylic acids is 1. The standard InChI is InChI=1S/C7H11ClO3/c1-3-4-10-7(9)6(2)5-11-8/h5H,3-4H2,1-2H3. The summed E-state index contributed by atoms with van der Waals surface area (Å²) >= 11 is 4.89. The zero-order valence-corrected chi connectivity index (χ0v) is 7.35. The maximum atomic E-state index is 10.9. The van der Waals surface area contributed by atoms with E-state index in [1.165, 1.54) is 0 Å². The van der Waals surface area contributed by atoms with Gasteiger partial charge in [-0.15, -0.1) is 0 Å². The number of rotatable bonds is 4. The van der Waals surface area contributed by atoms with E-state index in [2.05, 4.69) is 4.29 Å². The smallest absolute Gasteiger partial charge is 0.336 e. The molecule has 0 N–H and O–H groups in total. The first-order chi connectivity index (χ1) is 5.22. The fourth-order valence-corrected chi connectivity index (χ4v) is 0.557. The Morgan fingerprint density at radius 3 is 2.73 bits per heavy atom. The van der Waals surface area contributed by atoms with Crippen LogP contribution >= 0.6 is 11.9 Å². The van der Waals surface area contributed by atoms with Crippen molar-refractivity contribution in [1.29, 1.82) is 0 Å². The van der Waals surface area contributed by atoms with Crippen molar-refractivity contribution in [3.63, 3.8) is 0 Å². The quantitative estimate of drug-likeness (QED) is 0.375. The van der Waals surface area contributed by atoms with Crippen LogP contribution in [0.3, 0.4) is 0 Å². The third-order valence-corrected chi connectivity index (χ3v) is 1.07. The van der Waals surface area contributed by atoms with Crippen LogP contribution in [0.1, 0.15) is 20.3 Å². The van der Waals surface area contributed by atoms with E-state index in [-0.39, 0.29) is 0 Å². The highest BCUT2D eigenvalue weighted by atomic mass is 35.5. The van der Waals surface area contributed by atoms with Gasteiger partial charge in [-0.25, -0.2) is 4.79 Å². The molecule has 0 unspecified atom stereocenters. The van der Waals surface area contributed by atoms with Crippen molar-refractivity contribution in [2.24, 2.45) is 0 Å². The maximum absolute atomic E-state index is 10.9. The van der Waals surface area contributed by atoms with E-state index in [9.17, 15) is 4.79 Å². The van der Waals surface area contributed by atoms with Crippen molar-refractivity contribution in [3.8, 4) is 0 Å². The Morgan fingerprint density at radius 1 is 1.64 bits per heavy atom. The topological polar surface area (TPSA) is 35.5 Å². The van der Waals surface area contributed by atoms with Gasteiger partial charge in [0.05, 0.1) is 12.2 Å². The Morgan fingerprint density at radius 2 is 2.27 bits per heavy atom. The van der Waals surface area contributed by atoms with Gasteiger partial charge >= 0.3 is 5.97 Å². The maximum Gasteiger partial charge on any atom is 0.336 e. The number of esters is 1. The fraction of sp³-hybridized carbons (Fsp3) is 0.571. The SMILES string of the molecule is CCCOC(=O)C(C)=COCl. The fourth-order valence-electron chi connectivity index (χ4n) is 0.424. The minimum atomic E-state index is -0.396. The van der Waals surface area contributed by atoms with E-state index in [4.69, 9.17) is 16.6 Å². The summed E-state index contributed by atoms with van der Waals surface area (Å²) in [5.41, 5.74) is 0.355. The molecule has 0 amide bonds. The number of hydrogen-bond acceptors (Lipinski definition) is 3. The lowest BCUT2D eigenvalue weighted by molar-refractivity contribution is -0.139. The van der Waals surface area contributed by atoms with Crippen LogP contribution in [-0.4, -0.2) is 12.6 Å². The molecule has 0 rings (SSSR count). The number of ether oxygens (including phenoxy) is 1. The van der Waals surface area contributed by atoms with Gasteiger partial charge in [-0.05, 0) is 13.3 Å². The molecule has 3 nitrogen and oxygen atoms in total. The van der Waals surface area contributed by atoms with Gasteiger partial charge in [0.2, 0.25) is 0 Å². The van der Waals surface area contributed by atoms with Crippen LogP contribution in [0.2, 0.25) is 0 Å². The van der Waals surface area contributed by atoms with Gasteiger partial charge in [-0.1, -0.05) is 6.92 Å². The highest BCUT2D eigenvalue weighted by Gasteiger charge is 2.04. The number of hydrogen-bond donors (Lipinski definition) is 0. The van der Waals surface area contributed by atoms with E-state index in [0.29, 0.717) is 12.2 Å². The molecule has 64 valence electrons. The van der Waals surface area contributed by atoms with Crippen LogP contribution < -0.4 is 0 Å². The normalized spacial score (nSPS) is 11.0. The van der Waals surface area contributed by atoms with Gasteiger partial charge in [-0.2, -0.15) is 0 Å². The molecule has 0 heterocycles. The molecule has 11 heavy (non-hydrogen) atoms. The summed E-state index contributed by atoms with van der Waals surface area (Å²) in [6, 6.07) is 0. The van der Waals surface area contributed by atoms with Crippen molar-refractivity contribution in [1.82, 2.24) is 0 Å². The summed E-state index contributed by atoms with van der Waals surface area (Å²) in [5, 5.41) is 0. The molecular weight excluding hydrogens is 168 g/mol. The molecule has 0 spiro atoms. The van der Waals surface area contributed by atoms with Gasteiger partial charge in [-0.3, -0.25) is 0 Å². The third kappa shape index (κ3) is 4.67. The molecule has 0 saturated heterocycles. The van der Waals surface area contributed by atoms with Crippen LogP contribution in [0.4, 0.5) is 0 Å². The van der Waals surface area contributed by atoms with E-state index in [0.717, 1.165) is 12.7 Å². The molecule has 0 aliphatic rings. The first-order valence-electron chi connectivity index (χ1n) is 3.33. The molecule has 0 aromatic heterocycles. The largest absolute Gasteiger partial charge is 0.462 e. The van der Waals surface area contributed by atoms with Crippen LogP contribution in [0.5, 0.6) is 0 Å². The summed E-state index contributed by atoms with van der Waals surface area (Å²) in [4.78, 5) is 10.9. The molecular formula is C7H11ClO3. The minimum Gasteiger partial charge on any atom is -0.462 e. The summed E-state index contributed by atoms with van der Waals surface area (Å²) in [7, 11) is 0. The monoisotopic (exact) mass is 178 g/mol. The van der Waals surface area contributed by atoms with Gasteiger partial charge in [0.1, 0.15) is 18.1 Å². The van der Waals surface area contributed by atoms with Crippen LogP contribution in [0.15, 0.2) is 11.8 Å². The molecule has 0 aliphatic carbocycles. The molecule has 0 aromatic rings. The second-order valence-electron chi connectivity index (χ2n) is 2.03. The van der Waals surface area contributed by atoms with Crippen molar-refractivity contribution in [3.05, 3.63) is 11.8 Å². The molecule has 0 atom stereocenters. The first kappa shape index (κ1) is 10.3. The average molecular weight is 179 g/mol. The molecule has 0 radical (unpaired) electrons. The van der Waals surface area contributed by atoms with Crippen molar-refractivity contribution in [2.75, 3.05) is 6.61 Å². The van der Waals surface area contributed by atoms with E-state index in [1.807, 2.05) is 6.92 Å². The third-order valence-electron chi connectivity index (χ3n) is 0.981. The molecule has 0 aliphatic heterocycles. The Labute approximate surface area is 71.1 Å². The van der Waals surface area contributed by atoms with E-state index < -0.39 is 5.97 Å². The summed E-state index contributed by atoms with van der Waals surface area (Å²) in [5.74, 6) is -0.396. The van der Waals surface area contributed by atoms with Gasteiger partial charge in [0, 0.05) is 0 Å². The van der Waals surface area contributed by atoms with Crippen molar-refractivity contribution < 1.29 is 13.8 Å². The van der Waals surface area contributed by atoms with Crippen LogP contribution in [0, 0.1) is 0 Å². The predicted octanol–water partition coefficient (Wildman–Crippen LogP) is 2.01. The second kappa shape index (κ2) is 6.04. The highest BCUT2D eigenvalue weighted by Crippen LogP contribution is 1.98. The Bertz CT molecular complexity index is 154. The highest BCUT2D eigenvalue weighted by molar-refractivity contribution is 6.08. The summed E-state index contributed by atoms with van der Waals surface area (Å²) < 4.78 is 8.87. The van der Waals surface area contributed by atoms with Gasteiger partial charge in [0.15, 0.2) is 0 Å². The lowest BCUT2D eigenvalue weighted by Gasteiger charge is -2.00. The Kier molecular flexibility index (Phi) is 5.65. The molecule has 0 saturated carbocycles. The van der Waals surface area contributed by atoms with Gasteiger partial charge in [0.25, 0.3) is 0 Å². The Hall–Kier alpha value is -0.700. The lowest BCUT2D eigenvalue weighted by atomic mass is 10.3. The second-order valence-corrected chi connectivity index (χ2v) is 2.20.